The van der Waals surface area contributed by atoms with Crippen LogP contribution in [0.3, 0.4) is 0 Å². The van der Waals surface area contributed by atoms with E-state index in [1.807, 2.05) is 0 Å². The van der Waals surface area contributed by atoms with Crippen LogP contribution in [0.1, 0.15) is 0 Å². The molecule has 2 rings (SSSR count). The zero-order chi connectivity index (χ0) is 8.72. The first-order valence-corrected chi connectivity index (χ1v) is 3.53. The zero-order valence-corrected chi connectivity index (χ0v) is 6.85. The van der Waals surface area contributed by atoms with Crippen LogP contribution in [0.4, 0.5) is 0 Å². The molecule has 2 aromatic heterocycles. The van der Waals surface area contributed by atoms with Crippen LogP contribution < -0.4 is 5.56 Å². The number of aromatic nitrogens is 4. The van der Waals surface area contributed by atoms with Crippen molar-refractivity contribution >= 4 is 11.0 Å². The molecule has 0 aliphatic carbocycles. The lowest BCUT2D eigenvalue weighted by atomic mass is 10.4. The van der Waals surface area contributed by atoms with Crippen molar-refractivity contribution in [3.05, 3.63) is 22.9 Å². The number of hydrogen-bond acceptors (Lipinski definition) is 3. The van der Waals surface area contributed by atoms with Gasteiger partial charge in [0, 0.05) is 20.3 Å². The van der Waals surface area contributed by atoms with E-state index < -0.39 is 0 Å². The van der Waals surface area contributed by atoms with E-state index >= 15 is 0 Å². The second-order valence-electron chi connectivity index (χ2n) is 2.61. The minimum Gasteiger partial charge on any atom is -0.268 e. The SMILES string of the molecule is Cn1c(=O)c2cncnc2n1C. The molecule has 0 unspecified atom stereocenters. The van der Waals surface area contributed by atoms with Crippen molar-refractivity contribution in [3.63, 3.8) is 0 Å². The molecular weight excluding hydrogens is 156 g/mol. The first-order chi connectivity index (χ1) is 5.72. The van der Waals surface area contributed by atoms with Crippen molar-refractivity contribution in [2.45, 2.75) is 0 Å². The molecule has 0 amide bonds. The molecule has 0 aliphatic heterocycles. The van der Waals surface area contributed by atoms with Crippen molar-refractivity contribution in [2.24, 2.45) is 14.1 Å². The molecule has 2 heterocycles. The standard InChI is InChI=1S/C7H8N4O/c1-10-6-5(3-8-4-9-6)7(12)11(10)2/h3-4H,1-2H3. The quantitative estimate of drug-likeness (QED) is 0.535. The fraction of sp³-hybridized carbons (Fsp3) is 0.286. The molecule has 0 bridgehead atoms. The normalized spacial score (nSPS) is 10.8. The molecular formula is C7H8N4O. The van der Waals surface area contributed by atoms with E-state index in [-0.39, 0.29) is 5.56 Å². The minimum atomic E-state index is -0.0619. The Kier molecular flexibility index (Phi) is 1.27. The summed E-state index contributed by atoms with van der Waals surface area (Å²) in [4.78, 5) is 19.2. The van der Waals surface area contributed by atoms with Gasteiger partial charge in [-0.25, -0.2) is 9.97 Å². The Hall–Kier alpha value is -1.65. The molecule has 0 aromatic carbocycles. The third kappa shape index (κ3) is 0.702. The summed E-state index contributed by atoms with van der Waals surface area (Å²) in [6.07, 6.45) is 2.96. The van der Waals surface area contributed by atoms with Crippen LogP contribution in [-0.2, 0) is 14.1 Å². The van der Waals surface area contributed by atoms with Gasteiger partial charge in [0.05, 0.1) is 0 Å². The number of rotatable bonds is 0. The van der Waals surface area contributed by atoms with Gasteiger partial charge in [0.25, 0.3) is 5.56 Å². The Morgan fingerprint density at radius 2 is 2.08 bits per heavy atom. The predicted octanol–water partition coefficient (Wildman–Crippen LogP) is -0.333. The number of fused-ring (bicyclic) bond motifs is 1. The van der Waals surface area contributed by atoms with Gasteiger partial charge in [0.1, 0.15) is 11.7 Å². The molecule has 0 N–H and O–H groups in total. The van der Waals surface area contributed by atoms with Gasteiger partial charge in [0.15, 0.2) is 5.65 Å². The molecule has 0 fully saturated rings. The first-order valence-electron chi connectivity index (χ1n) is 3.53. The van der Waals surface area contributed by atoms with E-state index in [2.05, 4.69) is 9.97 Å². The second-order valence-corrected chi connectivity index (χ2v) is 2.61. The number of aryl methyl sites for hydroxylation is 1. The van der Waals surface area contributed by atoms with E-state index in [1.165, 1.54) is 17.2 Å². The first kappa shape index (κ1) is 7.02. The molecule has 0 saturated carbocycles. The second kappa shape index (κ2) is 2.17. The third-order valence-corrected chi connectivity index (χ3v) is 1.97. The maximum absolute atomic E-state index is 11.4. The predicted molar refractivity (Wildman–Crippen MR) is 43.8 cm³/mol. The molecule has 5 heteroatoms. The molecule has 62 valence electrons. The average Bonchev–Trinajstić information content (AvgIpc) is 2.33. The molecule has 0 aliphatic rings. The summed E-state index contributed by atoms with van der Waals surface area (Å²) in [5.74, 6) is 0. The third-order valence-electron chi connectivity index (χ3n) is 1.97. The lowest BCUT2D eigenvalue weighted by Crippen LogP contribution is -2.16. The number of nitrogens with zero attached hydrogens (tertiary/aromatic N) is 4. The van der Waals surface area contributed by atoms with E-state index in [4.69, 9.17) is 0 Å². The molecule has 0 saturated heterocycles. The summed E-state index contributed by atoms with van der Waals surface area (Å²) in [6, 6.07) is 0. The van der Waals surface area contributed by atoms with Crippen molar-refractivity contribution in [1.82, 2.24) is 19.3 Å². The van der Waals surface area contributed by atoms with Crippen molar-refractivity contribution < 1.29 is 0 Å². The molecule has 12 heavy (non-hydrogen) atoms. The Labute approximate surface area is 68.3 Å². The van der Waals surface area contributed by atoms with Crippen LogP contribution in [0.5, 0.6) is 0 Å². The maximum Gasteiger partial charge on any atom is 0.277 e. The monoisotopic (exact) mass is 164 g/mol. The highest BCUT2D eigenvalue weighted by atomic mass is 16.1. The van der Waals surface area contributed by atoms with E-state index in [1.54, 1.807) is 18.8 Å². The van der Waals surface area contributed by atoms with Crippen LogP contribution in [-0.4, -0.2) is 19.3 Å². The molecule has 2 aromatic rings. The van der Waals surface area contributed by atoms with Crippen molar-refractivity contribution in [3.8, 4) is 0 Å². The van der Waals surface area contributed by atoms with Crippen LogP contribution in [0.2, 0.25) is 0 Å². The van der Waals surface area contributed by atoms with Gasteiger partial charge in [-0.1, -0.05) is 0 Å². The van der Waals surface area contributed by atoms with Crippen LogP contribution in [0, 0.1) is 0 Å². The van der Waals surface area contributed by atoms with Gasteiger partial charge >= 0.3 is 0 Å². The lowest BCUT2D eigenvalue weighted by Gasteiger charge is -1.96. The summed E-state index contributed by atoms with van der Waals surface area (Å²) < 4.78 is 3.19. The van der Waals surface area contributed by atoms with Crippen molar-refractivity contribution in [1.29, 1.82) is 0 Å². The van der Waals surface area contributed by atoms with Gasteiger partial charge in [-0.15, -0.1) is 0 Å². The fourth-order valence-electron chi connectivity index (χ4n) is 1.18. The highest BCUT2D eigenvalue weighted by Crippen LogP contribution is 2.01. The van der Waals surface area contributed by atoms with Crippen LogP contribution >= 0.6 is 0 Å². The highest BCUT2D eigenvalue weighted by Gasteiger charge is 2.07. The van der Waals surface area contributed by atoms with Crippen LogP contribution in [0.25, 0.3) is 11.0 Å². The molecule has 5 nitrogen and oxygen atoms in total. The molecule has 0 radical (unpaired) electrons. The Morgan fingerprint density at radius 1 is 1.33 bits per heavy atom. The average molecular weight is 164 g/mol. The van der Waals surface area contributed by atoms with Gasteiger partial charge in [0.2, 0.25) is 0 Å². The summed E-state index contributed by atoms with van der Waals surface area (Å²) >= 11 is 0. The van der Waals surface area contributed by atoms with Crippen molar-refractivity contribution in [2.75, 3.05) is 0 Å². The van der Waals surface area contributed by atoms with Crippen LogP contribution in [0.15, 0.2) is 17.3 Å². The summed E-state index contributed by atoms with van der Waals surface area (Å²) in [5.41, 5.74) is 0.602. The smallest absolute Gasteiger partial charge is 0.268 e. The lowest BCUT2D eigenvalue weighted by molar-refractivity contribution is 0.591. The zero-order valence-electron chi connectivity index (χ0n) is 6.85. The Balaban J connectivity index is 3.09. The van der Waals surface area contributed by atoms with Gasteiger partial charge in [-0.3, -0.25) is 14.2 Å². The summed E-state index contributed by atoms with van der Waals surface area (Å²) in [6.45, 7) is 0. The van der Waals surface area contributed by atoms with E-state index in [9.17, 15) is 4.79 Å². The maximum atomic E-state index is 11.4. The van der Waals surface area contributed by atoms with Gasteiger partial charge < -0.3 is 0 Å². The Morgan fingerprint density at radius 3 is 2.75 bits per heavy atom. The Bertz CT molecular complexity index is 482. The summed E-state index contributed by atoms with van der Waals surface area (Å²) in [5, 5.41) is 0.558. The number of hydrogen-bond donors (Lipinski definition) is 0. The minimum absolute atomic E-state index is 0.0619. The van der Waals surface area contributed by atoms with Gasteiger partial charge in [-0.05, 0) is 0 Å². The van der Waals surface area contributed by atoms with Gasteiger partial charge in [-0.2, -0.15) is 0 Å². The molecule has 0 atom stereocenters. The topological polar surface area (TPSA) is 52.7 Å². The largest absolute Gasteiger partial charge is 0.277 e. The van der Waals surface area contributed by atoms with E-state index in [0.717, 1.165) is 0 Å². The summed E-state index contributed by atoms with van der Waals surface area (Å²) in [7, 11) is 3.49. The molecule has 0 spiro atoms. The van der Waals surface area contributed by atoms with E-state index in [0.29, 0.717) is 11.0 Å². The highest BCUT2D eigenvalue weighted by molar-refractivity contribution is 5.72. The fourth-order valence-corrected chi connectivity index (χ4v) is 1.18.